The molecule has 1 unspecified atom stereocenters. The van der Waals surface area contributed by atoms with Crippen LogP contribution in [0.3, 0.4) is 0 Å². The second-order valence-corrected chi connectivity index (χ2v) is 9.12. The van der Waals surface area contributed by atoms with E-state index in [-0.39, 0.29) is 5.91 Å². The zero-order chi connectivity index (χ0) is 21.6. The number of rotatable bonds is 8. The molecule has 1 amide bonds. The number of likely N-dealkylation sites (tertiary alicyclic amines) is 1. The van der Waals surface area contributed by atoms with Gasteiger partial charge in [-0.1, -0.05) is 60.3 Å². The average Bonchev–Trinajstić information content (AvgIpc) is 3.45. The van der Waals surface area contributed by atoms with Crippen molar-refractivity contribution in [1.29, 1.82) is 0 Å². The van der Waals surface area contributed by atoms with E-state index in [9.17, 15) is 4.79 Å². The molecule has 7 heteroatoms. The number of aromatic nitrogens is 3. The zero-order valence-electron chi connectivity index (χ0n) is 18.1. The SMILES string of the molecule is CC(C)N1CCC(CNC(=O)CSc2nnc(-c3ccccc3)n2-c2ccccc2)C1. The molecule has 1 aliphatic rings. The van der Waals surface area contributed by atoms with E-state index in [1.165, 1.54) is 11.8 Å². The summed E-state index contributed by atoms with van der Waals surface area (Å²) in [6, 6.07) is 20.6. The van der Waals surface area contributed by atoms with Gasteiger partial charge in [0.15, 0.2) is 11.0 Å². The van der Waals surface area contributed by atoms with Gasteiger partial charge in [0.1, 0.15) is 0 Å². The molecule has 31 heavy (non-hydrogen) atoms. The van der Waals surface area contributed by atoms with E-state index in [1.54, 1.807) is 0 Å². The third kappa shape index (κ3) is 5.35. The minimum absolute atomic E-state index is 0.0388. The summed E-state index contributed by atoms with van der Waals surface area (Å²) < 4.78 is 2.02. The van der Waals surface area contributed by atoms with Crippen LogP contribution in [-0.2, 0) is 4.79 Å². The summed E-state index contributed by atoms with van der Waals surface area (Å²) in [5, 5.41) is 12.6. The maximum atomic E-state index is 12.5. The van der Waals surface area contributed by atoms with E-state index in [0.717, 1.165) is 43.1 Å². The number of benzene rings is 2. The van der Waals surface area contributed by atoms with Gasteiger partial charge in [0.2, 0.25) is 5.91 Å². The van der Waals surface area contributed by atoms with Gasteiger partial charge in [-0.15, -0.1) is 10.2 Å². The van der Waals surface area contributed by atoms with Crippen LogP contribution < -0.4 is 5.32 Å². The van der Waals surface area contributed by atoms with Gasteiger partial charge in [-0.3, -0.25) is 9.36 Å². The monoisotopic (exact) mass is 435 g/mol. The quantitative estimate of drug-likeness (QED) is 0.544. The molecule has 1 atom stereocenters. The van der Waals surface area contributed by atoms with Crippen LogP contribution in [0.4, 0.5) is 0 Å². The van der Waals surface area contributed by atoms with Crippen molar-refractivity contribution in [3.63, 3.8) is 0 Å². The fourth-order valence-corrected chi connectivity index (χ4v) is 4.67. The van der Waals surface area contributed by atoms with Gasteiger partial charge in [-0.05, 0) is 44.9 Å². The second-order valence-electron chi connectivity index (χ2n) is 8.18. The number of hydrogen-bond donors (Lipinski definition) is 1. The molecule has 2 aromatic carbocycles. The highest BCUT2D eigenvalue weighted by Gasteiger charge is 2.24. The highest BCUT2D eigenvalue weighted by atomic mass is 32.2. The van der Waals surface area contributed by atoms with Crippen molar-refractivity contribution in [2.45, 2.75) is 31.5 Å². The summed E-state index contributed by atoms with van der Waals surface area (Å²) >= 11 is 1.42. The van der Waals surface area contributed by atoms with Crippen LogP contribution in [0.2, 0.25) is 0 Å². The molecule has 0 bridgehead atoms. The van der Waals surface area contributed by atoms with Gasteiger partial charge < -0.3 is 10.2 Å². The topological polar surface area (TPSA) is 63.1 Å². The van der Waals surface area contributed by atoms with Gasteiger partial charge >= 0.3 is 0 Å². The smallest absolute Gasteiger partial charge is 0.230 e. The first-order valence-electron chi connectivity index (χ1n) is 10.8. The molecule has 3 aromatic rings. The van der Waals surface area contributed by atoms with Crippen molar-refractivity contribution >= 4 is 17.7 Å². The molecular weight excluding hydrogens is 406 g/mol. The Morgan fingerprint density at radius 3 is 2.48 bits per heavy atom. The van der Waals surface area contributed by atoms with Crippen molar-refractivity contribution in [1.82, 2.24) is 25.0 Å². The van der Waals surface area contributed by atoms with Gasteiger partial charge in [0.05, 0.1) is 5.75 Å². The first-order chi connectivity index (χ1) is 15.1. The number of amides is 1. The van der Waals surface area contributed by atoms with E-state index in [2.05, 4.69) is 34.3 Å². The third-order valence-corrected chi connectivity index (χ3v) is 6.58. The first kappa shape index (κ1) is 21.6. The molecule has 0 radical (unpaired) electrons. The predicted octanol–water partition coefficient (Wildman–Crippen LogP) is 3.87. The van der Waals surface area contributed by atoms with E-state index < -0.39 is 0 Å². The molecule has 1 aromatic heterocycles. The molecule has 0 saturated carbocycles. The van der Waals surface area contributed by atoms with Gasteiger partial charge in [0, 0.05) is 30.4 Å². The van der Waals surface area contributed by atoms with Crippen LogP contribution in [0, 0.1) is 5.92 Å². The number of carbonyl (C=O) groups is 1. The minimum Gasteiger partial charge on any atom is -0.355 e. The summed E-state index contributed by atoms with van der Waals surface area (Å²) in [5.74, 6) is 1.67. The maximum absolute atomic E-state index is 12.5. The van der Waals surface area contributed by atoms with Gasteiger partial charge in [-0.25, -0.2) is 0 Å². The summed E-state index contributed by atoms with van der Waals surface area (Å²) in [5.41, 5.74) is 1.97. The lowest BCUT2D eigenvalue weighted by molar-refractivity contribution is -0.118. The van der Waals surface area contributed by atoms with E-state index in [0.29, 0.717) is 22.9 Å². The minimum atomic E-state index is 0.0388. The zero-order valence-corrected chi connectivity index (χ0v) is 18.9. The summed E-state index contributed by atoms with van der Waals surface area (Å²) in [7, 11) is 0. The van der Waals surface area contributed by atoms with Crippen LogP contribution in [0.5, 0.6) is 0 Å². The molecule has 1 fully saturated rings. The molecule has 1 aliphatic heterocycles. The Kier molecular flexibility index (Phi) is 7.04. The number of carbonyl (C=O) groups excluding carboxylic acids is 1. The highest BCUT2D eigenvalue weighted by molar-refractivity contribution is 7.99. The van der Waals surface area contributed by atoms with Crippen LogP contribution in [0.25, 0.3) is 17.1 Å². The number of para-hydroxylation sites is 1. The van der Waals surface area contributed by atoms with Crippen LogP contribution in [-0.4, -0.2) is 57.0 Å². The van der Waals surface area contributed by atoms with E-state index in [4.69, 9.17) is 0 Å². The number of hydrogen-bond acceptors (Lipinski definition) is 5. The molecule has 6 nitrogen and oxygen atoms in total. The standard InChI is InChI=1S/C24H29N5OS/c1-18(2)28-14-13-19(16-28)15-25-22(30)17-31-24-27-26-23(20-9-5-3-6-10-20)29(24)21-11-7-4-8-12-21/h3-12,18-19H,13-17H2,1-2H3,(H,25,30). The van der Waals surface area contributed by atoms with Crippen LogP contribution >= 0.6 is 11.8 Å². The second kappa shape index (κ2) is 10.1. The molecule has 1 saturated heterocycles. The number of thioether (sulfide) groups is 1. The lowest BCUT2D eigenvalue weighted by Gasteiger charge is -2.20. The normalized spacial score (nSPS) is 16.7. The first-order valence-corrected chi connectivity index (χ1v) is 11.8. The Balaban J connectivity index is 1.42. The molecule has 162 valence electrons. The van der Waals surface area contributed by atoms with Gasteiger partial charge in [0.25, 0.3) is 0 Å². The number of nitrogens with one attached hydrogen (secondary N) is 1. The van der Waals surface area contributed by atoms with Crippen molar-refractivity contribution in [2.75, 3.05) is 25.4 Å². The molecule has 2 heterocycles. The average molecular weight is 436 g/mol. The van der Waals surface area contributed by atoms with Crippen molar-refractivity contribution in [3.8, 4) is 17.1 Å². The van der Waals surface area contributed by atoms with Crippen molar-refractivity contribution in [2.24, 2.45) is 5.92 Å². The fraction of sp³-hybridized carbons (Fsp3) is 0.375. The molecule has 0 aliphatic carbocycles. The van der Waals surface area contributed by atoms with Gasteiger partial charge in [-0.2, -0.15) is 0 Å². The Morgan fingerprint density at radius 1 is 1.10 bits per heavy atom. The molecular formula is C24H29N5OS. The Morgan fingerprint density at radius 2 is 1.81 bits per heavy atom. The largest absolute Gasteiger partial charge is 0.355 e. The Labute approximate surface area is 188 Å². The van der Waals surface area contributed by atoms with Crippen LogP contribution in [0.1, 0.15) is 20.3 Å². The predicted molar refractivity (Wildman–Crippen MR) is 125 cm³/mol. The Bertz CT molecular complexity index is 990. The van der Waals surface area contributed by atoms with Crippen molar-refractivity contribution < 1.29 is 4.79 Å². The summed E-state index contributed by atoms with van der Waals surface area (Å²) in [6.45, 7) is 7.38. The lowest BCUT2D eigenvalue weighted by Crippen LogP contribution is -2.33. The summed E-state index contributed by atoms with van der Waals surface area (Å²) in [6.07, 6.45) is 1.15. The summed E-state index contributed by atoms with van der Waals surface area (Å²) in [4.78, 5) is 15.0. The van der Waals surface area contributed by atoms with E-state index in [1.807, 2.05) is 65.2 Å². The maximum Gasteiger partial charge on any atom is 0.230 e. The van der Waals surface area contributed by atoms with Crippen LogP contribution in [0.15, 0.2) is 65.8 Å². The van der Waals surface area contributed by atoms with Crippen molar-refractivity contribution in [3.05, 3.63) is 60.7 Å². The Hall–Kier alpha value is -2.64. The number of nitrogens with zero attached hydrogens (tertiary/aromatic N) is 4. The highest BCUT2D eigenvalue weighted by Crippen LogP contribution is 2.27. The fourth-order valence-electron chi connectivity index (χ4n) is 3.88. The van der Waals surface area contributed by atoms with E-state index >= 15 is 0 Å². The molecule has 0 spiro atoms. The molecule has 1 N–H and O–H groups in total. The third-order valence-electron chi connectivity index (χ3n) is 5.65. The lowest BCUT2D eigenvalue weighted by atomic mass is 10.1. The molecule has 4 rings (SSSR count).